The van der Waals surface area contributed by atoms with Gasteiger partial charge in [-0.25, -0.2) is 4.98 Å². The third-order valence-corrected chi connectivity index (χ3v) is 2.62. The number of rotatable bonds is 6. The van der Waals surface area contributed by atoms with E-state index in [0.717, 1.165) is 0 Å². The molecule has 0 radical (unpaired) electrons. The number of aliphatic hydroxyl groups excluding tert-OH is 1. The van der Waals surface area contributed by atoms with Crippen molar-refractivity contribution in [3.63, 3.8) is 0 Å². The zero-order valence-electron chi connectivity index (χ0n) is 11.1. The molecule has 0 fully saturated rings. The first-order valence-electron chi connectivity index (χ1n) is 6.29. The number of furan rings is 1. The van der Waals surface area contributed by atoms with E-state index in [9.17, 15) is 9.90 Å². The molecule has 2 N–H and O–H groups in total. The van der Waals surface area contributed by atoms with Crippen LogP contribution in [0.15, 0.2) is 41.1 Å². The van der Waals surface area contributed by atoms with E-state index in [4.69, 9.17) is 9.15 Å². The van der Waals surface area contributed by atoms with Crippen LogP contribution in [0.25, 0.3) is 0 Å². The second-order valence-electron chi connectivity index (χ2n) is 4.06. The van der Waals surface area contributed by atoms with Crippen LogP contribution in [0.3, 0.4) is 0 Å². The molecular formula is C14H16N2O4. The molecule has 0 aliphatic rings. The molecule has 6 heteroatoms. The van der Waals surface area contributed by atoms with Crippen LogP contribution in [0.4, 0.5) is 0 Å². The van der Waals surface area contributed by atoms with Crippen molar-refractivity contribution in [2.24, 2.45) is 0 Å². The van der Waals surface area contributed by atoms with Crippen LogP contribution in [0.1, 0.15) is 29.1 Å². The second-order valence-corrected chi connectivity index (χ2v) is 4.06. The molecule has 20 heavy (non-hydrogen) atoms. The summed E-state index contributed by atoms with van der Waals surface area (Å²) in [5.41, 5.74) is 0.403. The fraction of sp³-hybridized carbons (Fsp3) is 0.286. The Kier molecular flexibility index (Phi) is 4.73. The highest BCUT2D eigenvalue weighted by molar-refractivity contribution is 5.93. The average Bonchev–Trinajstić information content (AvgIpc) is 3.00. The number of aliphatic hydroxyl groups is 1. The molecule has 0 bridgehead atoms. The Morgan fingerprint density at radius 3 is 2.95 bits per heavy atom. The summed E-state index contributed by atoms with van der Waals surface area (Å²) < 4.78 is 10.2. The fourth-order valence-corrected chi connectivity index (χ4v) is 1.62. The summed E-state index contributed by atoms with van der Waals surface area (Å²) in [6, 6.07) is 6.57. The van der Waals surface area contributed by atoms with Crippen molar-refractivity contribution >= 4 is 5.91 Å². The van der Waals surface area contributed by atoms with E-state index < -0.39 is 6.10 Å². The lowest BCUT2D eigenvalue weighted by Crippen LogP contribution is -2.28. The van der Waals surface area contributed by atoms with Crippen molar-refractivity contribution in [2.75, 3.05) is 13.2 Å². The predicted molar refractivity (Wildman–Crippen MR) is 71.4 cm³/mol. The van der Waals surface area contributed by atoms with Gasteiger partial charge in [0.1, 0.15) is 11.9 Å². The Bertz CT molecular complexity index is 537. The van der Waals surface area contributed by atoms with E-state index in [0.29, 0.717) is 23.8 Å². The summed E-state index contributed by atoms with van der Waals surface area (Å²) in [4.78, 5) is 15.9. The van der Waals surface area contributed by atoms with Crippen LogP contribution >= 0.6 is 0 Å². The van der Waals surface area contributed by atoms with Gasteiger partial charge in [-0.2, -0.15) is 0 Å². The Labute approximate surface area is 116 Å². The first-order valence-corrected chi connectivity index (χ1v) is 6.29. The van der Waals surface area contributed by atoms with Crippen molar-refractivity contribution in [2.45, 2.75) is 13.0 Å². The van der Waals surface area contributed by atoms with Gasteiger partial charge >= 0.3 is 0 Å². The normalized spacial score (nSPS) is 11.9. The Morgan fingerprint density at radius 2 is 2.35 bits per heavy atom. The van der Waals surface area contributed by atoms with Crippen molar-refractivity contribution in [3.05, 3.63) is 48.0 Å². The molecule has 0 aliphatic carbocycles. The molecular weight excluding hydrogens is 260 g/mol. The number of amides is 1. The smallest absolute Gasteiger partial charge is 0.252 e. The molecule has 0 spiro atoms. The highest BCUT2D eigenvalue weighted by Gasteiger charge is 2.13. The van der Waals surface area contributed by atoms with Crippen molar-refractivity contribution in [3.8, 4) is 5.88 Å². The van der Waals surface area contributed by atoms with Crippen LogP contribution < -0.4 is 10.1 Å². The van der Waals surface area contributed by atoms with Gasteiger partial charge in [-0.3, -0.25) is 4.79 Å². The van der Waals surface area contributed by atoms with Gasteiger partial charge in [0.15, 0.2) is 0 Å². The fourth-order valence-electron chi connectivity index (χ4n) is 1.62. The van der Waals surface area contributed by atoms with E-state index in [1.807, 2.05) is 6.92 Å². The van der Waals surface area contributed by atoms with Crippen LogP contribution in [0, 0.1) is 0 Å². The lowest BCUT2D eigenvalue weighted by Gasteiger charge is -2.09. The Morgan fingerprint density at radius 1 is 1.50 bits per heavy atom. The quantitative estimate of drug-likeness (QED) is 0.836. The molecule has 6 nitrogen and oxygen atoms in total. The molecule has 0 saturated heterocycles. The summed E-state index contributed by atoms with van der Waals surface area (Å²) in [5.74, 6) is 0.570. The lowest BCUT2D eigenvalue weighted by atomic mass is 10.2. The molecule has 1 amide bonds. The molecule has 2 rings (SSSR count). The number of hydrogen-bond acceptors (Lipinski definition) is 5. The molecule has 2 aromatic heterocycles. The standard InChI is InChI=1S/C14H16N2O4/c1-2-19-13-6-5-10(8-15-13)14(18)16-9-11(17)12-4-3-7-20-12/h3-8,11,17H,2,9H2,1H3,(H,16,18). The largest absolute Gasteiger partial charge is 0.478 e. The maximum absolute atomic E-state index is 11.9. The van der Waals surface area contributed by atoms with E-state index >= 15 is 0 Å². The maximum Gasteiger partial charge on any atom is 0.252 e. The minimum Gasteiger partial charge on any atom is -0.478 e. The van der Waals surface area contributed by atoms with Crippen LogP contribution in [-0.2, 0) is 0 Å². The minimum atomic E-state index is -0.871. The first-order chi connectivity index (χ1) is 9.70. The van der Waals surface area contributed by atoms with Crippen molar-refractivity contribution in [1.82, 2.24) is 10.3 Å². The monoisotopic (exact) mass is 276 g/mol. The second kappa shape index (κ2) is 6.72. The molecule has 1 unspecified atom stereocenters. The van der Waals surface area contributed by atoms with E-state index in [1.54, 1.807) is 24.3 Å². The number of aromatic nitrogens is 1. The predicted octanol–water partition coefficient (Wildman–Crippen LogP) is 1.54. The summed E-state index contributed by atoms with van der Waals surface area (Å²) >= 11 is 0. The van der Waals surface area contributed by atoms with E-state index in [1.165, 1.54) is 12.5 Å². The molecule has 0 saturated carbocycles. The van der Waals surface area contributed by atoms with E-state index in [-0.39, 0.29) is 12.5 Å². The first kappa shape index (κ1) is 14.1. The highest BCUT2D eigenvalue weighted by atomic mass is 16.5. The molecule has 2 heterocycles. The highest BCUT2D eigenvalue weighted by Crippen LogP contribution is 2.12. The molecule has 1 atom stereocenters. The summed E-state index contributed by atoms with van der Waals surface area (Å²) in [5, 5.41) is 12.4. The number of ether oxygens (including phenoxy) is 1. The van der Waals surface area contributed by atoms with Gasteiger partial charge in [-0.05, 0) is 25.1 Å². The Hall–Kier alpha value is -2.34. The van der Waals surface area contributed by atoms with Gasteiger partial charge in [-0.15, -0.1) is 0 Å². The third-order valence-electron chi connectivity index (χ3n) is 2.62. The number of nitrogens with one attached hydrogen (secondary N) is 1. The van der Waals surface area contributed by atoms with Crippen LogP contribution in [-0.4, -0.2) is 29.1 Å². The number of carbonyl (C=O) groups is 1. The summed E-state index contributed by atoms with van der Waals surface area (Å²) in [6.07, 6.45) is 2.03. The van der Waals surface area contributed by atoms with Crippen LogP contribution in [0.2, 0.25) is 0 Å². The van der Waals surface area contributed by atoms with Crippen LogP contribution in [0.5, 0.6) is 5.88 Å². The van der Waals surface area contributed by atoms with Crippen molar-refractivity contribution < 1.29 is 19.1 Å². The molecule has 0 aromatic carbocycles. The third kappa shape index (κ3) is 3.58. The zero-order valence-corrected chi connectivity index (χ0v) is 11.1. The molecule has 0 aliphatic heterocycles. The lowest BCUT2D eigenvalue weighted by molar-refractivity contribution is 0.0900. The van der Waals surface area contributed by atoms with Gasteiger partial charge in [0.2, 0.25) is 5.88 Å². The topological polar surface area (TPSA) is 84.6 Å². The van der Waals surface area contributed by atoms with Gasteiger partial charge in [0, 0.05) is 12.3 Å². The Balaban J connectivity index is 1.88. The summed E-state index contributed by atoms with van der Waals surface area (Å²) in [7, 11) is 0. The van der Waals surface area contributed by atoms with Gasteiger partial charge in [0.25, 0.3) is 5.91 Å². The van der Waals surface area contributed by atoms with Gasteiger partial charge in [0.05, 0.1) is 25.0 Å². The number of hydrogen-bond donors (Lipinski definition) is 2. The van der Waals surface area contributed by atoms with Gasteiger partial charge < -0.3 is 19.6 Å². The minimum absolute atomic E-state index is 0.0690. The van der Waals surface area contributed by atoms with E-state index in [2.05, 4.69) is 10.3 Å². The summed E-state index contributed by atoms with van der Waals surface area (Å²) in [6.45, 7) is 2.45. The number of nitrogens with zero attached hydrogens (tertiary/aromatic N) is 1. The SMILES string of the molecule is CCOc1ccc(C(=O)NCC(O)c2ccco2)cn1. The molecule has 2 aromatic rings. The number of carbonyl (C=O) groups excluding carboxylic acids is 1. The van der Waals surface area contributed by atoms with Crippen molar-refractivity contribution in [1.29, 1.82) is 0 Å². The molecule has 106 valence electrons. The van der Waals surface area contributed by atoms with Gasteiger partial charge in [-0.1, -0.05) is 0 Å². The zero-order chi connectivity index (χ0) is 14.4. The number of pyridine rings is 1. The maximum atomic E-state index is 11.9. The average molecular weight is 276 g/mol.